The van der Waals surface area contributed by atoms with E-state index in [0.29, 0.717) is 0 Å². The molecule has 0 saturated carbocycles. The Morgan fingerprint density at radius 1 is 1.09 bits per heavy atom. The third kappa shape index (κ3) is 3.30. The summed E-state index contributed by atoms with van der Waals surface area (Å²) in [6, 6.07) is 0. The lowest BCUT2D eigenvalue weighted by atomic mass is 10.2. The third-order valence-electron chi connectivity index (χ3n) is 2.03. The first-order valence-electron chi connectivity index (χ1n) is 3.96. The van der Waals surface area contributed by atoms with Gasteiger partial charge >= 0.3 is 0 Å². The molecule has 0 amide bonds. The molecule has 0 bridgehead atoms. The van der Waals surface area contributed by atoms with Gasteiger partial charge in [0.15, 0.2) is 0 Å². The smallest absolute Gasteiger partial charge is 0.123 e. The number of rotatable bonds is 6. The fourth-order valence-electron chi connectivity index (χ4n) is 1.06. The minimum Gasteiger partial charge on any atom is -0.345 e. The lowest BCUT2D eigenvalue weighted by molar-refractivity contribution is 0.229. The third-order valence-corrected chi connectivity index (χ3v) is 2.53. The lowest BCUT2D eigenvalue weighted by Crippen LogP contribution is -2.64. The molecule has 4 N–H and O–H groups in total. The first-order chi connectivity index (χ1) is 5.24. The highest BCUT2D eigenvalue weighted by atomic mass is 28.2. The van der Waals surface area contributed by atoms with Gasteiger partial charge in [-0.2, -0.15) is 0 Å². The Balaban J connectivity index is 3.84. The van der Waals surface area contributed by atoms with Crippen molar-refractivity contribution >= 4 is 10.4 Å². The van der Waals surface area contributed by atoms with Crippen LogP contribution in [0.1, 0.15) is 6.42 Å². The molecule has 4 nitrogen and oxygen atoms in total. The zero-order chi connectivity index (χ0) is 8.74. The summed E-state index contributed by atoms with van der Waals surface area (Å²) in [5.74, 6) is -0.114. The molecule has 5 heteroatoms. The molecule has 0 aliphatic carbocycles. The molecule has 0 atom stereocenters. The van der Waals surface area contributed by atoms with Crippen LogP contribution in [0, 0.1) is 0 Å². The Labute approximate surface area is 72.0 Å². The van der Waals surface area contributed by atoms with E-state index in [2.05, 4.69) is 20.9 Å². The van der Waals surface area contributed by atoms with E-state index in [1.54, 1.807) is 0 Å². The summed E-state index contributed by atoms with van der Waals surface area (Å²) in [4.78, 5) is 3.24. The van der Waals surface area contributed by atoms with E-state index < -0.39 is 0 Å². The largest absolute Gasteiger partial charge is 0.345 e. The summed E-state index contributed by atoms with van der Waals surface area (Å²) >= 11 is 0. The van der Waals surface area contributed by atoms with Crippen LogP contribution in [0.25, 0.3) is 0 Å². The lowest BCUT2D eigenvalue weighted by Gasteiger charge is -2.32. The van der Waals surface area contributed by atoms with Crippen molar-refractivity contribution in [1.82, 2.24) is 20.9 Å². The summed E-state index contributed by atoms with van der Waals surface area (Å²) in [7, 11) is 6.89. The van der Waals surface area contributed by atoms with Crippen molar-refractivity contribution in [2.75, 3.05) is 27.7 Å². The summed E-state index contributed by atoms with van der Waals surface area (Å²) in [6.45, 7) is 1.04. The van der Waals surface area contributed by atoms with Gasteiger partial charge in [-0.05, 0) is 27.7 Å². The molecular weight excluding hydrogens is 156 g/mol. The van der Waals surface area contributed by atoms with E-state index in [1.807, 2.05) is 21.1 Å². The van der Waals surface area contributed by atoms with Crippen molar-refractivity contribution in [2.45, 2.75) is 12.2 Å². The maximum Gasteiger partial charge on any atom is 0.123 e. The number of hydrogen-bond acceptors (Lipinski definition) is 4. The van der Waals surface area contributed by atoms with E-state index in [-0.39, 0.29) is 5.79 Å². The molecule has 0 fully saturated rings. The number of nitrogens with one attached hydrogen (secondary N) is 4. The molecule has 0 rings (SSSR count). The van der Waals surface area contributed by atoms with Crippen molar-refractivity contribution in [2.24, 2.45) is 0 Å². The van der Waals surface area contributed by atoms with Gasteiger partial charge in [0, 0.05) is 6.42 Å². The normalized spacial score (nSPS) is 12.3. The van der Waals surface area contributed by atoms with E-state index in [9.17, 15) is 0 Å². The molecule has 0 aromatic heterocycles. The van der Waals surface area contributed by atoms with Crippen molar-refractivity contribution in [3.05, 3.63) is 0 Å². The minimum absolute atomic E-state index is 0.114. The first-order valence-corrected chi connectivity index (χ1v) is 4.96. The van der Waals surface area contributed by atoms with Gasteiger partial charge in [-0.1, -0.05) is 0 Å². The van der Waals surface area contributed by atoms with Crippen LogP contribution < -0.4 is 20.9 Å². The second-order valence-electron chi connectivity index (χ2n) is 2.51. The molecule has 0 saturated heterocycles. The van der Waals surface area contributed by atoms with Crippen LogP contribution >= 0.6 is 0 Å². The SMILES string of the molecule is CNC(CCN[SiH3])(NC)NC. The molecule has 0 radical (unpaired) electrons. The average molecular weight is 176 g/mol. The Hall–Kier alpha value is 0.0569. The Morgan fingerprint density at radius 3 is 1.82 bits per heavy atom. The standard InChI is InChI=1S/C6H20N4Si/c1-7-6(8-2,9-3)4-5-10-11/h7-10H,4-5H2,1-3,11H3. The van der Waals surface area contributed by atoms with Gasteiger partial charge < -0.3 is 4.98 Å². The van der Waals surface area contributed by atoms with Crippen LogP contribution in [0.4, 0.5) is 0 Å². The second-order valence-corrected chi connectivity index (χ2v) is 3.22. The van der Waals surface area contributed by atoms with Gasteiger partial charge in [-0.15, -0.1) is 0 Å². The number of hydrogen-bond donors (Lipinski definition) is 4. The zero-order valence-corrected chi connectivity index (χ0v) is 9.91. The molecule has 0 aromatic carbocycles. The molecule has 11 heavy (non-hydrogen) atoms. The van der Waals surface area contributed by atoms with Crippen LogP contribution in [0.5, 0.6) is 0 Å². The fourth-order valence-corrected chi connectivity index (χ4v) is 1.31. The van der Waals surface area contributed by atoms with Crippen LogP contribution in [-0.2, 0) is 0 Å². The molecule has 0 aromatic rings. The molecule has 0 aliphatic heterocycles. The van der Waals surface area contributed by atoms with Gasteiger partial charge in [-0.3, -0.25) is 16.0 Å². The molecule has 0 spiro atoms. The molecule has 68 valence electrons. The zero-order valence-electron chi connectivity index (χ0n) is 7.91. The van der Waals surface area contributed by atoms with Gasteiger partial charge in [0.25, 0.3) is 0 Å². The first kappa shape index (κ1) is 11.1. The predicted molar refractivity (Wildman–Crippen MR) is 52.5 cm³/mol. The van der Waals surface area contributed by atoms with Gasteiger partial charge in [0.2, 0.25) is 0 Å². The maximum atomic E-state index is 3.24. The maximum absolute atomic E-state index is 3.24. The fraction of sp³-hybridized carbons (Fsp3) is 1.00. The highest BCUT2D eigenvalue weighted by Gasteiger charge is 2.21. The monoisotopic (exact) mass is 176 g/mol. The average Bonchev–Trinajstić information content (AvgIpc) is 2.08. The summed E-state index contributed by atoms with van der Waals surface area (Å²) in [5.41, 5.74) is 0. The summed E-state index contributed by atoms with van der Waals surface area (Å²) in [5, 5.41) is 9.61. The molecule has 0 aliphatic rings. The summed E-state index contributed by atoms with van der Waals surface area (Å²) in [6.07, 6.45) is 1.03. The van der Waals surface area contributed by atoms with Crippen LogP contribution in [-0.4, -0.2) is 43.9 Å². The quantitative estimate of drug-likeness (QED) is 0.268. The van der Waals surface area contributed by atoms with Gasteiger partial charge in [0.05, 0.1) is 10.4 Å². The van der Waals surface area contributed by atoms with Crippen molar-refractivity contribution < 1.29 is 0 Å². The van der Waals surface area contributed by atoms with E-state index in [0.717, 1.165) is 23.4 Å². The van der Waals surface area contributed by atoms with Crippen LogP contribution in [0.15, 0.2) is 0 Å². The van der Waals surface area contributed by atoms with Gasteiger partial charge in [-0.25, -0.2) is 0 Å². The van der Waals surface area contributed by atoms with Crippen LogP contribution in [0.2, 0.25) is 0 Å². The topological polar surface area (TPSA) is 48.1 Å². The summed E-state index contributed by atoms with van der Waals surface area (Å²) < 4.78 is 0. The molecule has 0 heterocycles. The highest BCUT2D eigenvalue weighted by Crippen LogP contribution is 1.97. The molecule has 0 unspecified atom stereocenters. The van der Waals surface area contributed by atoms with Crippen molar-refractivity contribution in [1.29, 1.82) is 0 Å². The molecular formula is C6H20N4Si. The minimum atomic E-state index is -0.114. The Morgan fingerprint density at radius 2 is 1.55 bits per heavy atom. The van der Waals surface area contributed by atoms with E-state index in [4.69, 9.17) is 0 Å². The van der Waals surface area contributed by atoms with Gasteiger partial charge in [0.1, 0.15) is 5.79 Å². The predicted octanol–water partition coefficient (Wildman–Crippen LogP) is -2.44. The van der Waals surface area contributed by atoms with Crippen molar-refractivity contribution in [3.63, 3.8) is 0 Å². The second kappa shape index (κ2) is 5.67. The van der Waals surface area contributed by atoms with E-state index >= 15 is 0 Å². The Kier molecular flexibility index (Phi) is 5.70. The van der Waals surface area contributed by atoms with E-state index in [1.165, 1.54) is 0 Å². The Bertz CT molecular complexity index is 86.3. The van der Waals surface area contributed by atoms with Crippen LogP contribution in [0.3, 0.4) is 0 Å². The highest BCUT2D eigenvalue weighted by molar-refractivity contribution is 6.04. The van der Waals surface area contributed by atoms with Crippen molar-refractivity contribution in [3.8, 4) is 0 Å².